The molecule has 1 aliphatic rings. The Bertz CT molecular complexity index is 838. The highest BCUT2D eigenvalue weighted by Crippen LogP contribution is 2.33. The maximum atomic E-state index is 12.9. The van der Waals surface area contributed by atoms with Crippen molar-refractivity contribution in [2.24, 2.45) is 11.8 Å². The van der Waals surface area contributed by atoms with Crippen LogP contribution in [0.3, 0.4) is 0 Å². The van der Waals surface area contributed by atoms with Crippen molar-refractivity contribution < 1.29 is 24.6 Å². The average Bonchev–Trinajstić information content (AvgIpc) is 3.07. The van der Waals surface area contributed by atoms with Crippen LogP contribution >= 0.6 is 0 Å². The first kappa shape index (κ1) is 21.8. The third kappa shape index (κ3) is 4.96. The lowest BCUT2D eigenvalue weighted by molar-refractivity contribution is -0.139. The molecular weight excluding hydrogens is 380 g/mol. The number of hydrogen-bond acceptors (Lipinski definition) is 3. The van der Waals surface area contributed by atoms with Gasteiger partial charge in [-0.05, 0) is 61.8 Å². The molecule has 0 saturated heterocycles. The summed E-state index contributed by atoms with van der Waals surface area (Å²) in [4.78, 5) is 35.1. The Hall–Kier alpha value is -2.95. The standard InChI is InChI=1S/C25H28O5/c1-15(24(27)28)19-7-3-17(4-8-19)13-21-11-12-22(23(21)26)14-18-5-9-20(10-6-18)16(2)25(29)30/h3-10,15-16,21-22H,11-14H2,1-2H3,(H,27,28)(H,29,30). The van der Waals surface area contributed by atoms with E-state index >= 15 is 0 Å². The highest BCUT2D eigenvalue weighted by Gasteiger charge is 2.34. The van der Waals surface area contributed by atoms with Gasteiger partial charge in [-0.1, -0.05) is 48.5 Å². The van der Waals surface area contributed by atoms with Crippen LogP contribution in [0, 0.1) is 11.8 Å². The third-order valence-electron chi connectivity index (χ3n) is 6.33. The van der Waals surface area contributed by atoms with E-state index in [1.807, 2.05) is 48.5 Å². The van der Waals surface area contributed by atoms with E-state index in [2.05, 4.69) is 0 Å². The second-order valence-corrected chi connectivity index (χ2v) is 8.38. The van der Waals surface area contributed by atoms with Gasteiger partial charge in [-0.3, -0.25) is 14.4 Å². The van der Waals surface area contributed by atoms with Crippen molar-refractivity contribution in [2.45, 2.75) is 51.4 Å². The summed E-state index contributed by atoms with van der Waals surface area (Å²) in [6, 6.07) is 15.1. The Labute approximate surface area is 176 Å². The quantitative estimate of drug-likeness (QED) is 0.674. The zero-order chi connectivity index (χ0) is 21.8. The molecule has 30 heavy (non-hydrogen) atoms. The first-order valence-corrected chi connectivity index (χ1v) is 10.4. The lowest BCUT2D eigenvalue weighted by atomic mass is 9.91. The van der Waals surface area contributed by atoms with Gasteiger partial charge in [-0.25, -0.2) is 0 Å². The van der Waals surface area contributed by atoms with Crippen molar-refractivity contribution in [2.75, 3.05) is 0 Å². The van der Waals surface area contributed by atoms with Gasteiger partial charge in [-0.2, -0.15) is 0 Å². The Kier molecular flexibility index (Phi) is 6.70. The third-order valence-corrected chi connectivity index (χ3v) is 6.33. The molecule has 1 aliphatic carbocycles. The zero-order valence-electron chi connectivity index (χ0n) is 17.4. The van der Waals surface area contributed by atoms with Gasteiger partial charge in [0.25, 0.3) is 0 Å². The second-order valence-electron chi connectivity index (χ2n) is 8.38. The fourth-order valence-corrected chi connectivity index (χ4v) is 4.16. The molecule has 0 aromatic heterocycles. The van der Waals surface area contributed by atoms with E-state index in [4.69, 9.17) is 10.2 Å². The minimum atomic E-state index is -0.845. The van der Waals surface area contributed by atoms with E-state index in [9.17, 15) is 14.4 Å². The molecule has 0 aliphatic heterocycles. The van der Waals surface area contributed by atoms with Crippen LogP contribution < -0.4 is 0 Å². The summed E-state index contributed by atoms with van der Waals surface area (Å²) >= 11 is 0. The lowest BCUT2D eigenvalue weighted by Crippen LogP contribution is -2.18. The van der Waals surface area contributed by atoms with Gasteiger partial charge in [0.15, 0.2) is 0 Å². The molecule has 5 nitrogen and oxygen atoms in total. The predicted octanol–water partition coefficient (Wildman–Crippen LogP) is 4.44. The van der Waals surface area contributed by atoms with Crippen LogP contribution in [0.5, 0.6) is 0 Å². The maximum Gasteiger partial charge on any atom is 0.310 e. The molecule has 2 aromatic carbocycles. The van der Waals surface area contributed by atoms with E-state index in [0.29, 0.717) is 18.6 Å². The summed E-state index contributed by atoms with van der Waals surface area (Å²) in [6.07, 6.45) is 3.11. The second kappa shape index (κ2) is 9.24. The van der Waals surface area contributed by atoms with Gasteiger partial charge in [0.1, 0.15) is 5.78 Å². The minimum absolute atomic E-state index is 0.00375. The number of carboxylic acid groups (broad SMARTS) is 2. The number of carboxylic acids is 2. The lowest BCUT2D eigenvalue weighted by Gasteiger charge is -2.13. The van der Waals surface area contributed by atoms with Crippen LogP contribution in [0.4, 0.5) is 0 Å². The molecule has 0 heterocycles. The fourth-order valence-electron chi connectivity index (χ4n) is 4.16. The van der Waals surface area contributed by atoms with Crippen LogP contribution in [-0.2, 0) is 27.2 Å². The monoisotopic (exact) mass is 408 g/mol. The van der Waals surface area contributed by atoms with Gasteiger partial charge >= 0.3 is 11.9 Å². The topological polar surface area (TPSA) is 91.7 Å². The van der Waals surface area contributed by atoms with Gasteiger partial charge in [0, 0.05) is 11.8 Å². The first-order valence-electron chi connectivity index (χ1n) is 10.4. The van der Waals surface area contributed by atoms with Crippen molar-refractivity contribution in [3.8, 4) is 0 Å². The van der Waals surface area contributed by atoms with Crippen molar-refractivity contribution >= 4 is 17.7 Å². The van der Waals surface area contributed by atoms with Gasteiger partial charge < -0.3 is 10.2 Å². The Balaban J connectivity index is 1.58. The maximum absolute atomic E-state index is 12.9. The number of carbonyl (C=O) groups is 3. The number of aliphatic carboxylic acids is 2. The predicted molar refractivity (Wildman–Crippen MR) is 114 cm³/mol. The Morgan fingerprint density at radius 2 is 1.10 bits per heavy atom. The number of rotatable bonds is 8. The molecule has 4 atom stereocenters. The molecule has 1 saturated carbocycles. The van der Waals surface area contributed by atoms with Crippen LogP contribution in [-0.4, -0.2) is 27.9 Å². The van der Waals surface area contributed by atoms with E-state index < -0.39 is 23.8 Å². The highest BCUT2D eigenvalue weighted by atomic mass is 16.4. The first-order chi connectivity index (χ1) is 14.3. The van der Waals surface area contributed by atoms with E-state index in [1.54, 1.807) is 13.8 Å². The van der Waals surface area contributed by atoms with Crippen LogP contribution in [0.15, 0.2) is 48.5 Å². The van der Waals surface area contributed by atoms with E-state index in [1.165, 1.54) is 0 Å². The van der Waals surface area contributed by atoms with Crippen LogP contribution in [0.25, 0.3) is 0 Å². The molecule has 2 N–H and O–H groups in total. The van der Waals surface area contributed by atoms with Crippen LogP contribution in [0.1, 0.15) is 60.8 Å². The average molecular weight is 408 g/mol. The zero-order valence-corrected chi connectivity index (χ0v) is 17.4. The Morgan fingerprint density at radius 3 is 1.40 bits per heavy atom. The normalized spacial score (nSPS) is 20.7. The number of ketones is 1. The summed E-state index contributed by atoms with van der Waals surface area (Å²) in [5, 5.41) is 18.2. The summed E-state index contributed by atoms with van der Waals surface area (Å²) < 4.78 is 0. The summed E-state index contributed by atoms with van der Waals surface area (Å²) in [7, 11) is 0. The molecule has 0 spiro atoms. The summed E-state index contributed by atoms with van der Waals surface area (Å²) in [5.41, 5.74) is 3.65. The van der Waals surface area contributed by atoms with Crippen molar-refractivity contribution in [3.05, 3.63) is 70.8 Å². The fraction of sp³-hybridized carbons (Fsp3) is 0.400. The number of hydrogen-bond donors (Lipinski definition) is 2. The molecule has 2 aromatic rings. The summed E-state index contributed by atoms with van der Waals surface area (Å²) in [5.74, 6) is -2.47. The number of Topliss-reactive ketones (excluding diaryl/α,β-unsaturated/α-hetero) is 1. The van der Waals surface area contributed by atoms with Crippen molar-refractivity contribution in [3.63, 3.8) is 0 Å². The molecule has 0 bridgehead atoms. The van der Waals surface area contributed by atoms with E-state index in [0.717, 1.165) is 35.1 Å². The van der Waals surface area contributed by atoms with Gasteiger partial charge in [0.2, 0.25) is 0 Å². The largest absolute Gasteiger partial charge is 0.481 e. The molecule has 1 fully saturated rings. The van der Waals surface area contributed by atoms with Crippen molar-refractivity contribution in [1.29, 1.82) is 0 Å². The Morgan fingerprint density at radius 1 is 0.767 bits per heavy atom. The van der Waals surface area contributed by atoms with Gasteiger partial charge in [0.05, 0.1) is 11.8 Å². The molecule has 3 rings (SSSR count). The number of carbonyl (C=O) groups excluding carboxylic acids is 1. The molecule has 0 amide bonds. The molecule has 4 unspecified atom stereocenters. The SMILES string of the molecule is CC(C(=O)O)c1ccc(CC2CCC(Cc3ccc(C(C)C(=O)O)cc3)C2=O)cc1. The minimum Gasteiger partial charge on any atom is -0.481 e. The molecule has 158 valence electrons. The number of benzene rings is 2. The van der Waals surface area contributed by atoms with Crippen LogP contribution in [0.2, 0.25) is 0 Å². The van der Waals surface area contributed by atoms with Gasteiger partial charge in [-0.15, -0.1) is 0 Å². The van der Waals surface area contributed by atoms with Crippen molar-refractivity contribution in [1.82, 2.24) is 0 Å². The summed E-state index contributed by atoms with van der Waals surface area (Å²) in [6.45, 7) is 3.33. The molecule has 5 heteroatoms. The van der Waals surface area contributed by atoms with E-state index in [-0.39, 0.29) is 11.8 Å². The smallest absolute Gasteiger partial charge is 0.310 e. The highest BCUT2D eigenvalue weighted by molar-refractivity contribution is 5.86. The molecule has 0 radical (unpaired) electrons. The molecular formula is C25H28O5.